The van der Waals surface area contributed by atoms with Crippen LogP contribution in [0.1, 0.15) is 11.1 Å². The van der Waals surface area contributed by atoms with E-state index in [0.29, 0.717) is 21.5 Å². The highest BCUT2D eigenvalue weighted by Crippen LogP contribution is 2.36. The molecule has 4 nitrogen and oxygen atoms in total. The van der Waals surface area contributed by atoms with E-state index in [9.17, 15) is 4.79 Å². The molecule has 3 aromatic rings. The first-order chi connectivity index (χ1) is 13.0. The van der Waals surface area contributed by atoms with E-state index in [0.717, 1.165) is 11.1 Å². The van der Waals surface area contributed by atoms with Gasteiger partial charge in [-0.15, -0.1) is 0 Å². The van der Waals surface area contributed by atoms with Crippen molar-refractivity contribution in [1.82, 2.24) is 0 Å². The first-order valence-electron chi connectivity index (χ1n) is 8.13. The SMILES string of the molecule is Cc1cc(Cl)ccc1Oc1ccc(Cl)cc1OC(=O)OCc1ccccc1. The van der Waals surface area contributed by atoms with Crippen LogP contribution in [-0.4, -0.2) is 6.16 Å². The Hall–Kier alpha value is -2.69. The van der Waals surface area contributed by atoms with Gasteiger partial charge in [0.25, 0.3) is 0 Å². The highest BCUT2D eigenvalue weighted by Gasteiger charge is 2.14. The summed E-state index contributed by atoms with van der Waals surface area (Å²) in [5, 5.41) is 1.01. The molecule has 0 saturated heterocycles. The minimum atomic E-state index is -0.848. The molecule has 3 rings (SSSR count). The van der Waals surface area contributed by atoms with Crippen LogP contribution in [0.2, 0.25) is 10.0 Å². The number of halogens is 2. The normalized spacial score (nSPS) is 10.3. The molecular formula is C21H16Cl2O4. The summed E-state index contributed by atoms with van der Waals surface area (Å²) >= 11 is 12.0. The van der Waals surface area contributed by atoms with Crippen LogP contribution in [0.15, 0.2) is 66.7 Å². The van der Waals surface area contributed by atoms with Crippen molar-refractivity contribution in [1.29, 1.82) is 0 Å². The standard InChI is InChI=1S/C21H16Cl2O4/c1-14-11-16(22)7-9-18(14)26-19-10-8-17(23)12-20(19)27-21(24)25-13-15-5-3-2-4-6-15/h2-12H,13H2,1H3. The van der Waals surface area contributed by atoms with E-state index in [-0.39, 0.29) is 12.4 Å². The van der Waals surface area contributed by atoms with Gasteiger partial charge in [0.15, 0.2) is 11.5 Å². The molecule has 0 heterocycles. The van der Waals surface area contributed by atoms with Gasteiger partial charge < -0.3 is 14.2 Å². The van der Waals surface area contributed by atoms with Crippen molar-refractivity contribution in [2.45, 2.75) is 13.5 Å². The van der Waals surface area contributed by atoms with E-state index < -0.39 is 6.16 Å². The minimum Gasteiger partial charge on any atom is -0.453 e. The Morgan fingerprint density at radius 3 is 2.22 bits per heavy atom. The molecule has 0 unspecified atom stereocenters. The quantitative estimate of drug-likeness (QED) is 0.347. The number of rotatable bonds is 5. The Morgan fingerprint density at radius 1 is 0.852 bits per heavy atom. The Labute approximate surface area is 167 Å². The first kappa shape index (κ1) is 19.1. The summed E-state index contributed by atoms with van der Waals surface area (Å²) in [5.74, 6) is 1.08. The van der Waals surface area contributed by atoms with Gasteiger partial charge >= 0.3 is 6.16 Å². The van der Waals surface area contributed by atoms with Crippen molar-refractivity contribution >= 4 is 29.4 Å². The molecule has 0 amide bonds. The number of benzene rings is 3. The smallest absolute Gasteiger partial charge is 0.453 e. The Balaban J connectivity index is 1.72. The molecule has 0 aliphatic rings. The molecule has 0 radical (unpaired) electrons. The number of ether oxygens (including phenoxy) is 3. The average molecular weight is 403 g/mol. The fourth-order valence-electron chi connectivity index (χ4n) is 2.33. The van der Waals surface area contributed by atoms with Crippen molar-refractivity contribution < 1.29 is 19.0 Å². The van der Waals surface area contributed by atoms with E-state index in [1.165, 1.54) is 6.07 Å². The van der Waals surface area contributed by atoms with Gasteiger partial charge in [-0.1, -0.05) is 53.5 Å². The Bertz CT molecular complexity index is 942. The van der Waals surface area contributed by atoms with Crippen LogP contribution < -0.4 is 9.47 Å². The van der Waals surface area contributed by atoms with E-state index in [1.807, 2.05) is 37.3 Å². The van der Waals surface area contributed by atoms with Crippen molar-refractivity contribution in [3.05, 3.63) is 87.9 Å². The Morgan fingerprint density at radius 2 is 1.52 bits per heavy atom. The van der Waals surface area contributed by atoms with Gasteiger partial charge in [-0.2, -0.15) is 0 Å². The summed E-state index contributed by atoms with van der Waals surface area (Å²) in [6, 6.07) is 19.3. The molecule has 0 N–H and O–H groups in total. The number of aryl methyl sites for hydroxylation is 1. The molecule has 6 heteroatoms. The van der Waals surface area contributed by atoms with Crippen molar-refractivity contribution in [3.8, 4) is 17.2 Å². The lowest BCUT2D eigenvalue weighted by Gasteiger charge is -2.13. The summed E-state index contributed by atoms with van der Waals surface area (Å²) in [4.78, 5) is 12.1. The second-order valence-electron chi connectivity index (χ2n) is 5.73. The number of carbonyl (C=O) groups is 1. The predicted molar refractivity (Wildman–Crippen MR) is 105 cm³/mol. The highest BCUT2D eigenvalue weighted by molar-refractivity contribution is 6.31. The summed E-state index contributed by atoms with van der Waals surface area (Å²) in [7, 11) is 0. The molecule has 0 fully saturated rings. The maximum absolute atomic E-state index is 12.1. The third kappa shape index (κ3) is 5.39. The molecule has 0 saturated carbocycles. The zero-order valence-corrected chi connectivity index (χ0v) is 16.0. The molecular weight excluding hydrogens is 387 g/mol. The lowest BCUT2D eigenvalue weighted by atomic mass is 10.2. The molecule has 0 spiro atoms. The molecule has 27 heavy (non-hydrogen) atoms. The summed E-state index contributed by atoms with van der Waals surface area (Å²) in [6.45, 7) is 1.97. The van der Waals surface area contributed by atoms with Crippen LogP contribution in [0.5, 0.6) is 17.2 Å². The zero-order chi connectivity index (χ0) is 19.2. The lowest BCUT2D eigenvalue weighted by molar-refractivity contribution is 0.0919. The van der Waals surface area contributed by atoms with Crippen LogP contribution >= 0.6 is 23.2 Å². The maximum atomic E-state index is 12.1. The van der Waals surface area contributed by atoms with Crippen LogP contribution in [0.25, 0.3) is 0 Å². The largest absolute Gasteiger partial charge is 0.514 e. The zero-order valence-electron chi connectivity index (χ0n) is 14.4. The van der Waals surface area contributed by atoms with Crippen molar-refractivity contribution in [2.75, 3.05) is 0 Å². The van der Waals surface area contributed by atoms with Crippen LogP contribution in [0, 0.1) is 6.92 Å². The van der Waals surface area contributed by atoms with E-state index in [2.05, 4.69) is 0 Å². The molecule has 0 aliphatic heterocycles. The van der Waals surface area contributed by atoms with Crippen LogP contribution in [0.3, 0.4) is 0 Å². The molecule has 0 aromatic heterocycles. The molecule has 0 atom stereocenters. The van der Waals surface area contributed by atoms with Gasteiger partial charge in [-0.05, 0) is 48.4 Å². The average Bonchev–Trinajstić information content (AvgIpc) is 2.65. The van der Waals surface area contributed by atoms with Gasteiger partial charge in [0.1, 0.15) is 12.4 Å². The fourth-order valence-corrected chi connectivity index (χ4v) is 2.72. The molecule has 3 aromatic carbocycles. The minimum absolute atomic E-state index is 0.104. The highest BCUT2D eigenvalue weighted by atomic mass is 35.5. The van der Waals surface area contributed by atoms with Crippen LogP contribution in [0.4, 0.5) is 4.79 Å². The van der Waals surface area contributed by atoms with E-state index in [4.69, 9.17) is 37.4 Å². The molecule has 138 valence electrons. The second-order valence-corrected chi connectivity index (χ2v) is 6.60. The van der Waals surface area contributed by atoms with Crippen molar-refractivity contribution in [3.63, 3.8) is 0 Å². The van der Waals surface area contributed by atoms with E-state index >= 15 is 0 Å². The summed E-state index contributed by atoms with van der Waals surface area (Å²) in [5.41, 5.74) is 1.70. The summed E-state index contributed by atoms with van der Waals surface area (Å²) < 4.78 is 16.3. The predicted octanol–water partition coefficient (Wildman–Crippen LogP) is 6.81. The number of carbonyl (C=O) groups excluding carboxylic acids is 1. The van der Waals surface area contributed by atoms with E-state index in [1.54, 1.807) is 30.3 Å². The van der Waals surface area contributed by atoms with Gasteiger partial charge in [-0.3, -0.25) is 0 Å². The Kier molecular flexibility index (Phi) is 6.22. The fraction of sp³-hybridized carbons (Fsp3) is 0.0952. The third-order valence-corrected chi connectivity index (χ3v) is 4.13. The molecule has 0 bridgehead atoms. The monoisotopic (exact) mass is 402 g/mol. The lowest BCUT2D eigenvalue weighted by Crippen LogP contribution is -2.11. The topological polar surface area (TPSA) is 44.8 Å². The second kappa shape index (κ2) is 8.80. The van der Waals surface area contributed by atoms with Gasteiger partial charge in [-0.25, -0.2) is 4.79 Å². The van der Waals surface area contributed by atoms with Gasteiger partial charge in [0.2, 0.25) is 0 Å². The maximum Gasteiger partial charge on any atom is 0.514 e. The van der Waals surface area contributed by atoms with Gasteiger partial charge in [0.05, 0.1) is 0 Å². The van der Waals surface area contributed by atoms with Crippen molar-refractivity contribution in [2.24, 2.45) is 0 Å². The van der Waals surface area contributed by atoms with Crippen LogP contribution in [-0.2, 0) is 11.3 Å². The first-order valence-corrected chi connectivity index (χ1v) is 8.89. The molecule has 0 aliphatic carbocycles. The third-order valence-electron chi connectivity index (χ3n) is 3.66. The number of hydrogen-bond donors (Lipinski definition) is 0. The summed E-state index contributed by atoms with van der Waals surface area (Å²) in [6.07, 6.45) is -0.848. The van der Waals surface area contributed by atoms with Gasteiger partial charge in [0, 0.05) is 16.1 Å². The number of hydrogen-bond acceptors (Lipinski definition) is 4.